The van der Waals surface area contributed by atoms with Crippen LogP contribution in [0.3, 0.4) is 0 Å². The predicted octanol–water partition coefficient (Wildman–Crippen LogP) is 3.20. The Morgan fingerprint density at radius 3 is 2.14 bits per heavy atom. The van der Waals surface area contributed by atoms with E-state index in [1.807, 2.05) is 40.7 Å². The molecule has 14 heavy (non-hydrogen) atoms. The van der Waals surface area contributed by atoms with Crippen molar-refractivity contribution in [2.24, 2.45) is 0 Å². The lowest BCUT2D eigenvalue weighted by molar-refractivity contribution is 0.224. The maximum atomic E-state index is 9.93. The zero-order valence-electron chi connectivity index (χ0n) is 9.51. The summed E-state index contributed by atoms with van der Waals surface area (Å²) in [5.41, 5.74) is 3.06. The second-order valence-electron chi connectivity index (χ2n) is 3.94. The lowest BCUT2D eigenvalue weighted by atomic mass is 10.0. The molecule has 0 aliphatic carbocycles. The number of furan rings is 1. The molecule has 0 radical (unpaired) electrons. The van der Waals surface area contributed by atoms with Crippen molar-refractivity contribution < 1.29 is 9.52 Å². The van der Waals surface area contributed by atoms with Crippen LogP contribution in [0, 0.1) is 20.8 Å². The second kappa shape index (κ2) is 4.01. The molecular weight excluding hydrogens is 176 g/mol. The molecule has 1 unspecified atom stereocenters. The first-order valence-corrected chi connectivity index (χ1v) is 4.83. The highest BCUT2D eigenvalue weighted by Crippen LogP contribution is 2.28. The molecule has 2 nitrogen and oxygen atoms in total. The van der Waals surface area contributed by atoms with Crippen molar-refractivity contribution in [3.8, 4) is 0 Å². The van der Waals surface area contributed by atoms with Gasteiger partial charge in [0.05, 0.1) is 0 Å². The van der Waals surface area contributed by atoms with Gasteiger partial charge in [0.1, 0.15) is 17.6 Å². The first-order chi connectivity index (χ1) is 6.43. The number of hydrogen-bond acceptors (Lipinski definition) is 2. The van der Waals surface area contributed by atoms with E-state index in [1.54, 1.807) is 0 Å². The highest BCUT2D eigenvalue weighted by atomic mass is 16.3. The lowest BCUT2D eigenvalue weighted by Gasteiger charge is -2.06. The summed E-state index contributed by atoms with van der Waals surface area (Å²) < 4.78 is 5.46. The van der Waals surface area contributed by atoms with Gasteiger partial charge in [-0.3, -0.25) is 0 Å². The largest absolute Gasteiger partial charge is 0.466 e. The first kappa shape index (κ1) is 11.1. The predicted molar refractivity (Wildman–Crippen MR) is 57.3 cm³/mol. The van der Waals surface area contributed by atoms with Crippen molar-refractivity contribution in [3.63, 3.8) is 0 Å². The zero-order chi connectivity index (χ0) is 10.9. The molecule has 0 aromatic carbocycles. The number of aliphatic hydroxyl groups is 1. The van der Waals surface area contributed by atoms with Crippen LogP contribution in [0.5, 0.6) is 0 Å². The Kier molecular flexibility index (Phi) is 3.17. The molecule has 1 rings (SSSR count). The summed E-state index contributed by atoms with van der Waals surface area (Å²) >= 11 is 0. The monoisotopic (exact) mass is 194 g/mol. The number of hydrogen-bond donors (Lipinski definition) is 1. The zero-order valence-corrected chi connectivity index (χ0v) is 9.51. The van der Waals surface area contributed by atoms with Crippen LogP contribution in [0.25, 0.3) is 0 Å². The van der Waals surface area contributed by atoms with E-state index in [0.29, 0.717) is 0 Å². The van der Waals surface area contributed by atoms with Gasteiger partial charge in [0.25, 0.3) is 0 Å². The van der Waals surface area contributed by atoms with Crippen molar-refractivity contribution >= 4 is 0 Å². The van der Waals surface area contributed by atoms with Crippen molar-refractivity contribution in [1.29, 1.82) is 0 Å². The van der Waals surface area contributed by atoms with Gasteiger partial charge in [-0.2, -0.15) is 0 Å². The molecule has 1 heterocycles. The molecule has 1 atom stereocenters. The van der Waals surface area contributed by atoms with Crippen LogP contribution in [-0.4, -0.2) is 5.11 Å². The smallest absolute Gasteiger partial charge is 0.107 e. The standard InChI is InChI=1S/C12H18O2/c1-7(2)6-11(13)12-8(3)9(4)14-10(12)5/h6,11,13H,1-5H3. The van der Waals surface area contributed by atoms with Crippen molar-refractivity contribution in [1.82, 2.24) is 0 Å². The fraction of sp³-hybridized carbons (Fsp3) is 0.500. The van der Waals surface area contributed by atoms with E-state index in [2.05, 4.69) is 0 Å². The van der Waals surface area contributed by atoms with E-state index in [9.17, 15) is 5.11 Å². The Morgan fingerprint density at radius 1 is 1.21 bits per heavy atom. The summed E-state index contributed by atoms with van der Waals surface area (Å²) in [6.07, 6.45) is 1.29. The molecule has 0 amide bonds. The number of allylic oxidation sites excluding steroid dienone is 1. The van der Waals surface area contributed by atoms with Crippen LogP contribution in [-0.2, 0) is 0 Å². The maximum absolute atomic E-state index is 9.93. The third-order valence-electron chi connectivity index (χ3n) is 2.40. The summed E-state index contributed by atoms with van der Waals surface area (Å²) in [4.78, 5) is 0. The molecule has 1 aromatic heterocycles. The Balaban J connectivity index is 3.12. The third-order valence-corrected chi connectivity index (χ3v) is 2.40. The van der Waals surface area contributed by atoms with Gasteiger partial charge in [0.15, 0.2) is 0 Å². The molecule has 0 aliphatic rings. The summed E-state index contributed by atoms with van der Waals surface area (Å²) in [5.74, 6) is 1.70. The average molecular weight is 194 g/mol. The lowest BCUT2D eigenvalue weighted by Crippen LogP contribution is -1.96. The van der Waals surface area contributed by atoms with E-state index >= 15 is 0 Å². The molecular formula is C12H18O2. The number of aryl methyl sites for hydroxylation is 2. The van der Waals surface area contributed by atoms with Crippen molar-refractivity contribution in [2.45, 2.75) is 40.7 Å². The molecule has 1 aromatic rings. The van der Waals surface area contributed by atoms with Crippen LogP contribution in [0.15, 0.2) is 16.1 Å². The van der Waals surface area contributed by atoms with E-state index in [4.69, 9.17) is 4.42 Å². The number of aliphatic hydroxyl groups excluding tert-OH is 1. The minimum Gasteiger partial charge on any atom is -0.466 e. The van der Waals surface area contributed by atoms with Gasteiger partial charge in [0, 0.05) is 5.56 Å². The summed E-state index contributed by atoms with van der Waals surface area (Å²) in [6.45, 7) is 9.73. The minimum atomic E-state index is -0.544. The molecule has 2 heteroatoms. The van der Waals surface area contributed by atoms with Gasteiger partial charge in [0.2, 0.25) is 0 Å². The first-order valence-electron chi connectivity index (χ1n) is 4.83. The van der Waals surface area contributed by atoms with Gasteiger partial charge >= 0.3 is 0 Å². The average Bonchev–Trinajstić information content (AvgIpc) is 2.25. The van der Waals surface area contributed by atoms with Gasteiger partial charge in [-0.05, 0) is 40.2 Å². The SMILES string of the molecule is CC(C)=CC(O)c1c(C)oc(C)c1C. The third kappa shape index (κ3) is 2.07. The topological polar surface area (TPSA) is 33.4 Å². The van der Waals surface area contributed by atoms with Gasteiger partial charge < -0.3 is 9.52 Å². The maximum Gasteiger partial charge on any atom is 0.107 e. The molecule has 78 valence electrons. The summed E-state index contributed by atoms with van der Waals surface area (Å²) in [5, 5.41) is 9.93. The van der Waals surface area contributed by atoms with Crippen LogP contribution in [0.1, 0.15) is 42.6 Å². The quantitative estimate of drug-likeness (QED) is 0.733. The summed E-state index contributed by atoms with van der Waals surface area (Å²) in [6, 6.07) is 0. The van der Waals surface area contributed by atoms with Gasteiger partial charge in [-0.1, -0.05) is 11.6 Å². The Bertz CT molecular complexity index is 355. The Hall–Kier alpha value is -1.02. The van der Waals surface area contributed by atoms with E-state index < -0.39 is 6.10 Å². The van der Waals surface area contributed by atoms with Gasteiger partial charge in [-0.15, -0.1) is 0 Å². The molecule has 0 saturated heterocycles. The van der Waals surface area contributed by atoms with Crippen molar-refractivity contribution in [3.05, 3.63) is 34.3 Å². The molecule has 0 saturated carbocycles. The van der Waals surface area contributed by atoms with Crippen LogP contribution in [0.2, 0.25) is 0 Å². The highest BCUT2D eigenvalue weighted by Gasteiger charge is 2.16. The molecule has 1 N–H and O–H groups in total. The van der Waals surface area contributed by atoms with Crippen LogP contribution in [0.4, 0.5) is 0 Å². The molecule has 0 bridgehead atoms. The van der Waals surface area contributed by atoms with Crippen LogP contribution < -0.4 is 0 Å². The van der Waals surface area contributed by atoms with E-state index in [-0.39, 0.29) is 0 Å². The molecule has 0 aliphatic heterocycles. The number of rotatable bonds is 2. The summed E-state index contributed by atoms with van der Waals surface area (Å²) in [7, 11) is 0. The van der Waals surface area contributed by atoms with Gasteiger partial charge in [-0.25, -0.2) is 0 Å². The van der Waals surface area contributed by atoms with Crippen molar-refractivity contribution in [2.75, 3.05) is 0 Å². The van der Waals surface area contributed by atoms with E-state index in [0.717, 1.165) is 28.2 Å². The normalized spacial score (nSPS) is 12.7. The molecule has 0 fully saturated rings. The Morgan fingerprint density at radius 2 is 1.79 bits per heavy atom. The van der Waals surface area contributed by atoms with Crippen LogP contribution >= 0.6 is 0 Å². The minimum absolute atomic E-state index is 0.544. The Labute approximate surface area is 85.2 Å². The second-order valence-corrected chi connectivity index (χ2v) is 3.94. The fourth-order valence-corrected chi connectivity index (χ4v) is 1.64. The highest BCUT2D eigenvalue weighted by molar-refractivity contribution is 5.35. The fourth-order valence-electron chi connectivity index (χ4n) is 1.64. The van der Waals surface area contributed by atoms with E-state index in [1.165, 1.54) is 0 Å². The molecule has 0 spiro atoms.